The van der Waals surface area contributed by atoms with Gasteiger partial charge in [-0.25, -0.2) is 4.79 Å². The quantitative estimate of drug-likeness (QED) is 0.463. The third-order valence-electron chi connectivity index (χ3n) is 5.25. The highest BCUT2D eigenvalue weighted by Gasteiger charge is 2.79. The highest BCUT2D eigenvalue weighted by atomic mass is 35.5. The van der Waals surface area contributed by atoms with Gasteiger partial charge in [-0.2, -0.15) is 0 Å². The number of aliphatic hydroxyl groups excluding tert-OH is 1. The normalized spacial score (nSPS) is 42.8. The van der Waals surface area contributed by atoms with Crippen LogP contribution in [0.5, 0.6) is 0 Å². The second-order valence-electron chi connectivity index (χ2n) is 6.29. The number of hydrogen-bond acceptors (Lipinski definition) is 4. The van der Waals surface area contributed by atoms with Crippen molar-refractivity contribution in [3.05, 3.63) is 12.2 Å². The molecule has 2 aliphatic heterocycles. The molecule has 5 atom stereocenters. The van der Waals surface area contributed by atoms with Crippen LogP contribution in [0.4, 0.5) is 0 Å². The van der Waals surface area contributed by atoms with Gasteiger partial charge in [-0.1, -0.05) is 12.2 Å². The summed E-state index contributed by atoms with van der Waals surface area (Å²) in [6, 6.07) is 0. The number of halogens is 1. The number of allylic oxidation sites excluding steroid dienone is 1. The van der Waals surface area contributed by atoms with Crippen molar-refractivity contribution in [1.82, 2.24) is 5.32 Å². The van der Waals surface area contributed by atoms with Crippen molar-refractivity contribution in [2.45, 2.75) is 49.9 Å². The summed E-state index contributed by atoms with van der Waals surface area (Å²) >= 11 is 5.76. The first kappa shape index (κ1) is 14.9. The van der Waals surface area contributed by atoms with E-state index in [1.807, 2.05) is 12.2 Å². The van der Waals surface area contributed by atoms with E-state index in [1.54, 1.807) is 6.92 Å². The van der Waals surface area contributed by atoms with E-state index in [1.165, 1.54) is 0 Å². The Hall–Kier alpha value is -1.07. The van der Waals surface area contributed by atoms with E-state index in [2.05, 4.69) is 5.32 Å². The number of fused-ring (bicyclic) bond motifs is 1. The molecule has 3 aliphatic rings. The lowest BCUT2D eigenvalue weighted by atomic mass is 9.64. The Labute approximate surface area is 128 Å². The molecule has 0 aromatic heterocycles. The predicted octanol–water partition coefficient (Wildman–Crippen LogP) is 1.13. The molecule has 2 N–H and O–H groups in total. The Kier molecular flexibility index (Phi) is 3.53. The van der Waals surface area contributed by atoms with Gasteiger partial charge in [0.1, 0.15) is 0 Å². The van der Waals surface area contributed by atoms with Gasteiger partial charge in [-0.3, -0.25) is 4.79 Å². The van der Waals surface area contributed by atoms with Gasteiger partial charge in [-0.15, -0.1) is 11.6 Å². The fraction of sp³-hybridized carbons (Fsp3) is 0.733. The lowest BCUT2D eigenvalue weighted by molar-refractivity contribution is -0.238. The summed E-state index contributed by atoms with van der Waals surface area (Å²) in [6.45, 7) is 1.72. The maximum atomic E-state index is 12.2. The number of amides is 1. The fourth-order valence-electron chi connectivity index (χ4n) is 3.99. The molecule has 0 saturated carbocycles. The van der Waals surface area contributed by atoms with Crippen molar-refractivity contribution in [1.29, 1.82) is 0 Å². The van der Waals surface area contributed by atoms with Crippen molar-refractivity contribution >= 4 is 23.5 Å². The molecule has 3 rings (SSSR count). The van der Waals surface area contributed by atoms with E-state index >= 15 is 0 Å². The molecule has 2 saturated heterocycles. The second kappa shape index (κ2) is 4.99. The Morgan fingerprint density at radius 3 is 2.90 bits per heavy atom. The fourth-order valence-corrected chi connectivity index (χ4v) is 4.21. The zero-order chi connectivity index (χ0) is 15.3. The Morgan fingerprint density at radius 1 is 1.57 bits per heavy atom. The number of ether oxygens (including phenoxy) is 1. The van der Waals surface area contributed by atoms with Gasteiger partial charge in [0.05, 0.1) is 12.0 Å². The monoisotopic (exact) mass is 313 g/mol. The summed E-state index contributed by atoms with van der Waals surface area (Å²) in [5.41, 5.74) is -2.34. The van der Waals surface area contributed by atoms with Gasteiger partial charge < -0.3 is 15.2 Å². The van der Waals surface area contributed by atoms with Crippen LogP contribution in [0.2, 0.25) is 0 Å². The lowest BCUT2D eigenvalue weighted by Crippen LogP contribution is -2.80. The van der Waals surface area contributed by atoms with Crippen LogP contribution in [-0.2, 0) is 14.3 Å². The van der Waals surface area contributed by atoms with Crippen molar-refractivity contribution < 1.29 is 19.4 Å². The summed E-state index contributed by atoms with van der Waals surface area (Å²) in [4.78, 5) is 24.4. The zero-order valence-corrected chi connectivity index (χ0v) is 12.7. The summed E-state index contributed by atoms with van der Waals surface area (Å²) in [6.07, 6.45) is 6.17. The maximum Gasteiger partial charge on any atom is 0.339 e. The molecular weight excluding hydrogens is 294 g/mol. The van der Waals surface area contributed by atoms with Crippen LogP contribution in [0.3, 0.4) is 0 Å². The predicted molar refractivity (Wildman–Crippen MR) is 76.7 cm³/mol. The molecule has 2 fully saturated rings. The van der Waals surface area contributed by atoms with Crippen molar-refractivity contribution in [2.75, 3.05) is 5.88 Å². The molecule has 21 heavy (non-hydrogen) atoms. The minimum absolute atomic E-state index is 0.138. The highest BCUT2D eigenvalue weighted by molar-refractivity contribution is 6.18. The van der Waals surface area contributed by atoms with Crippen molar-refractivity contribution in [3.8, 4) is 0 Å². The standard InChI is InChI=1S/C15H20ClNO4/c1-14-10(7-8-16)12(19)17-15(14,13(20)21-14)11(18)9-5-3-2-4-6-9/h3,5,9-11,18H,2,4,6-8H2,1H3,(H,17,19)/t9?,10-,11+,14-,15-/m0/s1. The SMILES string of the molecule is C[C@@]12OC(=O)[C@]1([C@H](O)C1C=CCCC1)NC(=O)[C@@H]2CCCl. The number of alkyl halides is 1. The largest absolute Gasteiger partial charge is 0.453 e. The van der Waals surface area contributed by atoms with E-state index in [4.69, 9.17) is 16.3 Å². The Balaban J connectivity index is 1.94. The van der Waals surface area contributed by atoms with Gasteiger partial charge in [-0.05, 0) is 32.6 Å². The molecule has 0 bridgehead atoms. The molecule has 6 heteroatoms. The summed E-state index contributed by atoms with van der Waals surface area (Å²) in [5.74, 6) is -1.14. The van der Waals surface area contributed by atoms with E-state index in [-0.39, 0.29) is 11.8 Å². The van der Waals surface area contributed by atoms with Crippen LogP contribution in [0.25, 0.3) is 0 Å². The molecule has 0 aromatic rings. The smallest absolute Gasteiger partial charge is 0.339 e. The van der Waals surface area contributed by atoms with E-state index in [0.29, 0.717) is 12.3 Å². The summed E-state index contributed by atoms with van der Waals surface area (Å²) in [5, 5.41) is 13.5. The van der Waals surface area contributed by atoms with Crippen LogP contribution in [0.15, 0.2) is 12.2 Å². The van der Waals surface area contributed by atoms with E-state index < -0.39 is 29.1 Å². The number of hydrogen-bond donors (Lipinski definition) is 2. The average Bonchev–Trinajstić information content (AvgIpc) is 2.65. The minimum Gasteiger partial charge on any atom is -0.453 e. The molecule has 0 aromatic carbocycles. The van der Waals surface area contributed by atoms with Gasteiger partial charge in [0, 0.05) is 11.8 Å². The van der Waals surface area contributed by atoms with Crippen LogP contribution in [-0.4, -0.2) is 40.1 Å². The van der Waals surface area contributed by atoms with E-state index in [9.17, 15) is 14.7 Å². The maximum absolute atomic E-state index is 12.2. The van der Waals surface area contributed by atoms with Gasteiger partial charge in [0.15, 0.2) is 5.60 Å². The third-order valence-corrected chi connectivity index (χ3v) is 5.47. The number of nitrogens with one attached hydrogen (secondary N) is 1. The topological polar surface area (TPSA) is 75.6 Å². The number of esters is 1. The number of aliphatic hydroxyl groups is 1. The lowest BCUT2D eigenvalue weighted by Gasteiger charge is -2.54. The third kappa shape index (κ3) is 1.80. The molecule has 1 amide bonds. The first-order chi connectivity index (χ1) is 9.97. The van der Waals surface area contributed by atoms with Crippen LogP contribution in [0.1, 0.15) is 32.6 Å². The second-order valence-corrected chi connectivity index (χ2v) is 6.67. The molecule has 2 heterocycles. The molecule has 0 radical (unpaired) electrons. The van der Waals surface area contributed by atoms with Crippen molar-refractivity contribution in [2.24, 2.45) is 11.8 Å². The Morgan fingerprint density at radius 2 is 2.33 bits per heavy atom. The van der Waals surface area contributed by atoms with Crippen LogP contribution < -0.4 is 5.32 Å². The molecule has 116 valence electrons. The summed E-state index contributed by atoms with van der Waals surface area (Å²) in [7, 11) is 0. The molecule has 1 aliphatic carbocycles. The number of carbonyl (C=O) groups excluding carboxylic acids is 2. The average molecular weight is 314 g/mol. The van der Waals surface area contributed by atoms with Gasteiger partial charge in [0.2, 0.25) is 11.4 Å². The van der Waals surface area contributed by atoms with Gasteiger partial charge in [0.25, 0.3) is 0 Å². The first-order valence-corrected chi connectivity index (χ1v) is 7.97. The molecule has 0 spiro atoms. The Bertz CT molecular complexity index is 508. The molecular formula is C15H20ClNO4. The summed E-state index contributed by atoms with van der Waals surface area (Å²) < 4.78 is 5.34. The van der Waals surface area contributed by atoms with Gasteiger partial charge >= 0.3 is 5.97 Å². The zero-order valence-electron chi connectivity index (χ0n) is 12.0. The van der Waals surface area contributed by atoms with E-state index in [0.717, 1.165) is 19.3 Å². The number of carbonyl (C=O) groups is 2. The van der Waals surface area contributed by atoms with Crippen LogP contribution in [0, 0.1) is 11.8 Å². The first-order valence-electron chi connectivity index (χ1n) is 7.43. The molecule has 1 unspecified atom stereocenters. The van der Waals surface area contributed by atoms with Crippen LogP contribution >= 0.6 is 11.6 Å². The minimum atomic E-state index is -1.33. The highest BCUT2D eigenvalue weighted by Crippen LogP contribution is 2.53. The molecule has 5 nitrogen and oxygen atoms in total. The number of rotatable bonds is 4. The van der Waals surface area contributed by atoms with Crippen molar-refractivity contribution in [3.63, 3.8) is 0 Å².